The fourth-order valence-electron chi connectivity index (χ4n) is 3.44. The van der Waals surface area contributed by atoms with Crippen LogP contribution in [-0.4, -0.2) is 19.2 Å². The maximum Gasteiger partial charge on any atom is 0.109 e. The van der Waals surface area contributed by atoms with Crippen molar-refractivity contribution in [1.29, 1.82) is 0 Å². The number of likely N-dealkylation sites (N-methyl/N-ethyl adjacent to an activating group) is 1. The standard InChI is InChI=1S/C16H29NO/c1-3-13-8-10-14(11-9-13)16(17-4-2)15-7-5-6-12-18-15/h7,13-14,16-17H,3-6,8-12H2,1-2H3. The van der Waals surface area contributed by atoms with Crippen molar-refractivity contribution in [3.05, 3.63) is 11.8 Å². The van der Waals surface area contributed by atoms with Crippen LogP contribution < -0.4 is 5.32 Å². The van der Waals surface area contributed by atoms with Crippen molar-refractivity contribution < 1.29 is 4.74 Å². The maximum atomic E-state index is 5.90. The van der Waals surface area contributed by atoms with E-state index in [0.29, 0.717) is 6.04 Å². The van der Waals surface area contributed by atoms with Gasteiger partial charge in [0.1, 0.15) is 5.76 Å². The highest BCUT2D eigenvalue weighted by molar-refractivity contribution is 5.08. The van der Waals surface area contributed by atoms with Crippen molar-refractivity contribution in [2.24, 2.45) is 11.8 Å². The van der Waals surface area contributed by atoms with E-state index in [0.717, 1.165) is 25.0 Å². The number of rotatable bonds is 5. The molecule has 0 amide bonds. The zero-order valence-electron chi connectivity index (χ0n) is 12.1. The predicted molar refractivity (Wildman–Crippen MR) is 76.5 cm³/mol. The minimum absolute atomic E-state index is 0.480. The Balaban J connectivity index is 1.95. The van der Waals surface area contributed by atoms with E-state index in [9.17, 15) is 0 Å². The van der Waals surface area contributed by atoms with E-state index >= 15 is 0 Å². The molecule has 2 aliphatic rings. The molecule has 0 saturated heterocycles. The molecule has 2 nitrogen and oxygen atoms in total. The van der Waals surface area contributed by atoms with E-state index in [1.54, 1.807) is 0 Å². The van der Waals surface area contributed by atoms with Crippen LogP contribution in [0.5, 0.6) is 0 Å². The summed E-state index contributed by atoms with van der Waals surface area (Å²) < 4.78 is 5.90. The normalized spacial score (nSPS) is 30.4. The number of hydrogen-bond acceptors (Lipinski definition) is 2. The summed E-state index contributed by atoms with van der Waals surface area (Å²) in [6, 6.07) is 0.480. The number of allylic oxidation sites excluding steroid dienone is 1. The summed E-state index contributed by atoms with van der Waals surface area (Å²) >= 11 is 0. The molecule has 18 heavy (non-hydrogen) atoms. The average Bonchev–Trinajstić information content (AvgIpc) is 2.46. The van der Waals surface area contributed by atoms with Gasteiger partial charge in [0.15, 0.2) is 0 Å². The third kappa shape index (κ3) is 3.50. The molecule has 104 valence electrons. The Morgan fingerprint density at radius 2 is 2.06 bits per heavy atom. The molecule has 1 saturated carbocycles. The highest BCUT2D eigenvalue weighted by Crippen LogP contribution is 2.35. The second kappa shape index (κ2) is 7.18. The summed E-state index contributed by atoms with van der Waals surface area (Å²) in [6.07, 6.45) is 11.6. The van der Waals surface area contributed by atoms with Crippen LogP contribution in [0.15, 0.2) is 11.8 Å². The van der Waals surface area contributed by atoms with Crippen molar-refractivity contribution in [1.82, 2.24) is 5.32 Å². The van der Waals surface area contributed by atoms with Gasteiger partial charge in [-0.1, -0.05) is 33.1 Å². The minimum Gasteiger partial charge on any atom is -0.497 e. The van der Waals surface area contributed by atoms with E-state index in [-0.39, 0.29) is 0 Å². The number of ether oxygens (including phenoxy) is 1. The van der Waals surface area contributed by atoms with E-state index in [1.165, 1.54) is 50.7 Å². The summed E-state index contributed by atoms with van der Waals surface area (Å²) in [4.78, 5) is 0. The van der Waals surface area contributed by atoms with Crippen LogP contribution >= 0.6 is 0 Å². The van der Waals surface area contributed by atoms with Gasteiger partial charge in [-0.2, -0.15) is 0 Å². The van der Waals surface area contributed by atoms with Gasteiger partial charge < -0.3 is 10.1 Å². The smallest absolute Gasteiger partial charge is 0.109 e. The monoisotopic (exact) mass is 251 g/mol. The molecule has 1 fully saturated rings. The Bertz CT molecular complexity index is 266. The average molecular weight is 251 g/mol. The van der Waals surface area contributed by atoms with Crippen molar-refractivity contribution >= 4 is 0 Å². The molecule has 0 aromatic rings. The summed E-state index contributed by atoms with van der Waals surface area (Å²) in [5.41, 5.74) is 0. The SMILES string of the molecule is CCNC(C1=CCCCO1)C1CCC(CC)CC1. The molecule has 0 aromatic heterocycles. The third-order valence-corrected chi connectivity index (χ3v) is 4.63. The van der Waals surface area contributed by atoms with E-state index in [4.69, 9.17) is 4.74 Å². The second-order valence-electron chi connectivity index (χ2n) is 5.82. The van der Waals surface area contributed by atoms with E-state index < -0.39 is 0 Å². The topological polar surface area (TPSA) is 21.3 Å². The lowest BCUT2D eigenvalue weighted by molar-refractivity contribution is 0.132. The summed E-state index contributed by atoms with van der Waals surface area (Å²) in [5.74, 6) is 3.00. The second-order valence-corrected chi connectivity index (χ2v) is 5.82. The number of nitrogens with one attached hydrogen (secondary N) is 1. The molecule has 0 spiro atoms. The van der Waals surface area contributed by atoms with Crippen molar-refractivity contribution in [2.45, 2.75) is 64.8 Å². The fourth-order valence-corrected chi connectivity index (χ4v) is 3.44. The molecule has 1 aliphatic carbocycles. The lowest BCUT2D eigenvalue weighted by atomic mass is 9.77. The Labute approximate surface area is 112 Å². The molecule has 1 atom stereocenters. The van der Waals surface area contributed by atoms with E-state index in [1.807, 2.05) is 0 Å². The van der Waals surface area contributed by atoms with Gasteiger partial charge in [-0.05, 0) is 50.1 Å². The van der Waals surface area contributed by atoms with Crippen LogP contribution in [0, 0.1) is 11.8 Å². The third-order valence-electron chi connectivity index (χ3n) is 4.63. The van der Waals surface area contributed by atoms with Gasteiger partial charge in [0, 0.05) is 0 Å². The van der Waals surface area contributed by atoms with Crippen LogP contribution in [0.4, 0.5) is 0 Å². The Hall–Kier alpha value is -0.500. The van der Waals surface area contributed by atoms with Crippen LogP contribution in [0.2, 0.25) is 0 Å². The number of hydrogen-bond donors (Lipinski definition) is 1. The van der Waals surface area contributed by atoms with Gasteiger partial charge in [-0.3, -0.25) is 0 Å². The van der Waals surface area contributed by atoms with Gasteiger partial charge in [0.05, 0.1) is 12.6 Å². The molecule has 1 N–H and O–H groups in total. The van der Waals surface area contributed by atoms with Gasteiger partial charge in [0.2, 0.25) is 0 Å². The van der Waals surface area contributed by atoms with Crippen LogP contribution in [0.25, 0.3) is 0 Å². The fraction of sp³-hybridized carbons (Fsp3) is 0.875. The minimum atomic E-state index is 0.480. The first-order valence-electron chi connectivity index (χ1n) is 7.91. The largest absolute Gasteiger partial charge is 0.497 e. The summed E-state index contributed by atoms with van der Waals surface area (Å²) in [7, 11) is 0. The van der Waals surface area contributed by atoms with Gasteiger partial charge >= 0.3 is 0 Å². The van der Waals surface area contributed by atoms with Gasteiger partial charge in [-0.15, -0.1) is 0 Å². The lowest BCUT2D eigenvalue weighted by Gasteiger charge is -2.35. The molecule has 0 aromatic carbocycles. The van der Waals surface area contributed by atoms with Crippen molar-refractivity contribution in [2.75, 3.05) is 13.2 Å². The molecule has 0 bridgehead atoms. The van der Waals surface area contributed by atoms with E-state index in [2.05, 4.69) is 25.2 Å². The Morgan fingerprint density at radius 3 is 2.61 bits per heavy atom. The first kappa shape index (κ1) is 13.9. The Morgan fingerprint density at radius 1 is 1.28 bits per heavy atom. The Kier molecular flexibility index (Phi) is 5.55. The molecular formula is C16H29NO. The van der Waals surface area contributed by atoms with Crippen molar-refractivity contribution in [3.63, 3.8) is 0 Å². The molecule has 1 heterocycles. The predicted octanol–water partition coefficient (Wildman–Crippen LogP) is 3.88. The van der Waals surface area contributed by atoms with Crippen LogP contribution in [0.3, 0.4) is 0 Å². The first-order valence-corrected chi connectivity index (χ1v) is 7.91. The zero-order chi connectivity index (χ0) is 12.8. The molecule has 2 rings (SSSR count). The first-order chi connectivity index (χ1) is 8.85. The quantitative estimate of drug-likeness (QED) is 0.800. The molecule has 0 radical (unpaired) electrons. The molecule has 2 heteroatoms. The summed E-state index contributed by atoms with van der Waals surface area (Å²) in [5, 5.41) is 3.66. The zero-order valence-corrected chi connectivity index (χ0v) is 12.1. The molecular weight excluding hydrogens is 222 g/mol. The lowest BCUT2D eigenvalue weighted by Crippen LogP contribution is -2.40. The summed E-state index contributed by atoms with van der Waals surface area (Å²) in [6.45, 7) is 6.49. The maximum absolute atomic E-state index is 5.90. The molecule has 1 unspecified atom stereocenters. The van der Waals surface area contributed by atoms with Crippen LogP contribution in [-0.2, 0) is 4.74 Å². The molecule has 1 aliphatic heterocycles. The van der Waals surface area contributed by atoms with Crippen LogP contribution in [0.1, 0.15) is 58.8 Å². The van der Waals surface area contributed by atoms with Gasteiger partial charge in [0.25, 0.3) is 0 Å². The highest BCUT2D eigenvalue weighted by Gasteiger charge is 2.30. The van der Waals surface area contributed by atoms with Crippen molar-refractivity contribution in [3.8, 4) is 0 Å². The highest BCUT2D eigenvalue weighted by atomic mass is 16.5. The van der Waals surface area contributed by atoms with Gasteiger partial charge in [-0.25, -0.2) is 0 Å².